The van der Waals surface area contributed by atoms with Crippen molar-refractivity contribution in [3.63, 3.8) is 0 Å². The van der Waals surface area contributed by atoms with Crippen LogP contribution in [0.15, 0.2) is 41.5 Å². The first-order valence-corrected chi connectivity index (χ1v) is 10.6. The molecule has 2 aromatic carbocycles. The highest BCUT2D eigenvalue weighted by atomic mass is 35.5. The van der Waals surface area contributed by atoms with Crippen LogP contribution in [-0.2, 0) is 14.8 Å². The molecule has 0 aliphatic rings. The van der Waals surface area contributed by atoms with E-state index in [0.29, 0.717) is 0 Å². The van der Waals surface area contributed by atoms with Gasteiger partial charge in [-0.05, 0) is 30.7 Å². The molecule has 160 valence electrons. The van der Waals surface area contributed by atoms with Gasteiger partial charge in [0.15, 0.2) is 0 Å². The van der Waals surface area contributed by atoms with Gasteiger partial charge in [0.05, 0.1) is 30.2 Å². The molecule has 2 rings (SSSR count). The van der Waals surface area contributed by atoms with Crippen LogP contribution in [0.3, 0.4) is 0 Å². The van der Waals surface area contributed by atoms with Crippen LogP contribution in [0.1, 0.15) is 11.1 Å². The third kappa shape index (κ3) is 5.91. The Kier molecular flexibility index (Phi) is 7.35. The Labute approximate surface area is 178 Å². The van der Waals surface area contributed by atoms with Gasteiger partial charge in [-0.2, -0.15) is 5.10 Å². The van der Waals surface area contributed by atoms with E-state index in [4.69, 9.17) is 16.3 Å². The second kappa shape index (κ2) is 9.55. The van der Waals surface area contributed by atoms with E-state index in [2.05, 4.69) is 10.5 Å². The molecule has 10 nitrogen and oxygen atoms in total. The number of amides is 1. The van der Waals surface area contributed by atoms with Crippen molar-refractivity contribution in [3.05, 3.63) is 62.7 Å². The number of carbonyl (C=O) groups is 1. The summed E-state index contributed by atoms with van der Waals surface area (Å²) in [7, 11) is -2.43. The Morgan fingerprint density at radius 2 is 2.03 bits per heavy atom. The van der Waals surface area contributed by atoms with Crippen LogP contribution in [0, 0.1) is 17.0 Å². The minimum absolute atomic E-state index is 0.193. The lowest BCUT2D eigenvalue weighted by atomic mass is 10.2. The smallest absolute Gasteiger partial charge is 0.270 e. The third-order valence-corrected chi connectivity index (χ3v) is 5.34. The van der Waals surface area contributed by atoms with Crippen LogP contribution in [-0.4, -0.2) is 45.4 Å². The van der Waals surface area contributed by atoms with Gasteiger partial charge in [-0.25, -0.2) is 13.8 Å². The zero-order chi connectivity index (χ0) is 22.5. The van der Waals surface area contributed by atoms with E-state index < -0.39 is 27.4 Å². The number of ether oxygens (including phenoxy) is 1. The average molecular weight is 455 g/mol. The first-order chi connectivity index (χ1) is 14.0. The van der Waals surface area contributed by atoms with E-state index in [0.717, 1.165) is 22.3 Å². The van der Waals surface area contributed by atoms with Crippen molar-refractivity contribution in [2.45, 2.75) is 6.92 Å². The van der Waals surface area contributed by atoms with Crippen LogP contribution in [0.2, 0.25) is 5.02 Å². The van der Waals surface area contributed by atoms with Gasteiger partial charge in [-0.1, -0.05) is 17.7 Å². The molecule has 0 aliphatic carbocycles. The van der Waals surface area contributed by atoms with E-state index in [9.17, 15) is 23.3 Å². The molecule has 0 aromatic heterocycles. The van der Waals surface area contributed by atoms with Gasteiger partial charge in [0, 0.05) is 22.7 Å². The Morgan fingerprint density at radius 1 is 1.33 bits per heavy atom. The molecule has 0 spiro atoms. The number of nitrogens with one attached hydrogen (secondary N) is 1. The number of carbonyl (C=O) groups excluding carboxylic acids is 1. The summed E-state index contributed by atoms with van der Waals surface area (Å²) in [5.74, 6) is -0.451. The fourth-order valence-electron chi connectivity index (χ4n) is 2.46. The number of benzene rings is 2. The number of rotatable bonds is 8. The summed E-state index contributed by atoms with van der Waals surface area (Å²) in [4.78, 5) is 22.6. The second-order valence-corrected chi connectivity index (χ2v) is 8.52. The van der Waals surface area contributed by atoms with Gasteiger partial charge in [0.25, 0.3) is 11.6 Å². The van der Waals surface area contributed by atoms with E-state index >= 15 is 0 Å². The number of nitro benzene ring substituents is 1. The molecule has 0 heterocycles. The van der Waals surface area contributed by atoms with Gasteiger partial charge in [-0.15, -0.1) is 0 Å². The Morgan fingerprint density at radius 3 is 2.63 bits per heavy atom. The molecule has 0 aliphatic heterocycles. The molecular formula is C18H19ClN4O6S. The maximum absolute atomic E-state index is 12.3. The summed E-state index contributed by atoms with van der Waals surface area (Å²) in [5, 5.41) is 14.8. The molecule has 2 aromatic rings. The summed E-state index contributed by atoms with van der Waals surface area (Å²) in [6.45, 7) is 1.22. The number of hydrogen-bond donors (Lipinski definition) is 1. The fraction of sp³-hybridized carbons (Fsp3) is 0.222. The number of sulfonamides is 1. The van der Waals surface area contributed by atoms with Crippen LogP contribution < -0.4 is 14.5 Å². The minimum atomic E-state index is -3.82. The highest BCUT2D eigenvalue weighted by Gasteiger charge is 2.24. The highest BCUT2D eigenvalue weighted by Crippen LogP contribution is 2.30. The Balaban J connectivity index is 2.21. The van der Waals surface area contributed by atoms with Crippen molar-refractivity contribution >= 4 is 45.1 Å². The fourth-order valence-corrected chi connectivity index (χ4v) is 3.48. The Hall–Kier alpha value is -3.18. The second-order valence-electron chi connectivity index (χ2n) is 6.20. The molecular weight excluding hydrogens is 436 g/mol. The molecule has 1 N–H and O–H groups in total. The lowest BCUT2D eigenvalue weighted by Gasteiger charge is -2.23. The van der Waals surface area contributed by atoms with Gasteiger partial charge in [0.1, 0.15) is 12.3 Å². The highest BCUT2D eigenvalue weighted by molar-refractivity contribution is 7.92. The SMILES string of the molecule is COc1ccc(C)cc1N(CC(=O)N/N=C\c1cc([N+](=O)[O-])ccc1Cl)S(C)(=O)=O. The molecule has 0 unspecified atom stereocenters. The minimum Gasteiger partial charge on any atom is -0.495 e. The molecule has 1 amide bonds. The number of anilines is 1. The maximum atomic E-state index is 12.3. The number of nitrogens with zero attached hydrogens (tertiary/aromatic N) is 3. The van der Waals surface area contributed by atoms with Crippen LogP contribution >= 0.6 is 11.6 Å². The summed E-state index contributed by atoms with van der Waals surface area (Å²) in [6, 6.07) is 8.69. The van der Waals surface area contributed by atoms with E-state index in [1.54, 1.807) is 25.1 Å². The summed E-state index contributed by atoms with van der Waals surface area (Å²) in [5.41, 5.74) is 3.19. The van der Waals surface area contributed by atoms with Crippen LogP contribution in [0.25, 0.3) is 0 Å². The van der Waals surface area contributed by atoms with E-state index in [-0.39, 0.29) is 27.7 Å². The van der Waals surface area contributed by atoms with Crippen molar-refractivity contribution in [2.24, 2.45) is 5.10 Å². The van der Waals surface area contributed by atoms with Gasteiger partial charge < -0.3 is 4.74 Å². The predicted molar refractivity (Wildman–Crippen MR) is 114 cm³/mol. The average Bonchev–Trinajstić information content (AvgIpc) is 2.66. The summed E-state index contributed by atoms with van der Waals surface area (Å²) >= 11 is 5.96. The number of hydrogen-bond acceptors (Lipinski definition) is 7. The van der Waals surface area contributed by atoms with Crippen molar-refractivity contribution in [1.82, 2.24) is 5.43 Å². The number of nitro groups is 1. The molecule has 0 bridgehead atoms. The van der Waals surface area contributed by atoms with Crippen LogP contribution in [0.5, 0.6) is 5.75 Å². The standard InChI is InChI=1S/C18H19ClN4O6S/c1-12-4-7-17(29-2)16(8-12)22(30(3,27)28)11-18(24)21-20-10-13-9-14(23(25)26)5-6-15(13)19/h4-10H,11H2,1-3H3,(H,21,24)/b20-10-. The monoisotopic (exact) mass is 454 g/mol. The van der Waals surface area contributed by atoms with Crippen molar-refractivity contribution in [3.8, 4) is 5.75 Å². The van der Waals surface area contributed by atoms with Crippen molar-refractivity contribution in [1.29, 1.82) is 0 Å². The summed E-state index contributed by atoms with van der Waals surface area (Å²) in [6.07, 6.45) is 2.10. The molecule has 0 saturated carbocycles. The first kappa shape index (κ1) is 23.1. The maximum Gasteiger partial charge on any atom is 0.270 e. The largest absolute Gasteiger partial charge is 0.495 e. The zero-order valence-electron chi connectivity index (χ0n) is 16.3. The molecule has 0 fully saturated rings. The number of methoxy groups -OCH3 is 1. The van der Waals surface area contributed by atoms with Gasteiger partial charge in [0.2, 0.25) is 10.0 Å². The van der Waals surface area contributed by atoms with Crippen molar-refractivity contribution in [2.75, 3.05) is 24.2 Å². The van der Waals surface area contributed by atoms with Crippen LogP contribution in [0.4, 0.5) is 11.4 Å². The number of halogens is 1. The third-order valence-electron chi connectivity index (χ3n) is 3.87. The normalized spacial score (nSPS) is 11.3. The lowest BCUT2D eigenvalue weighted by Crippen LogP contribution is -2.39. The van der Waals surface area contributed by atoms with Gasteiger partial charge >= 0.3 is 0 Å². The summed E-state index contributed by atoms with van der Waals surface area (Å²) < 4.78 is 30.6. The predicted octanol–water partition coefficient (Wildman–Crippen LogP) is 2.48. The number of hydrazone groups is 1. The molecule has 0 atom stereocenters. The molecule has 12 heteroatoms. The molecule has 30 heavy (non-hydrogen) atoms. The lowest BCUT2D eigenvalue weighted by molar-refractivity contribution is -0.384. The zero-order valence-corrected chi connectivity index (χ0v) is 17.9. The number of aryl methyl sites for hydroxylation is 1. The van der Waals surface area contributed by atoms with Crippen molar-refractivity contribution < 1.29 is 22.9 Å². The first-order valence-electron chi connectivity index (χ1n) is 8.41. The molecule has 0 radical (unpaired) electrons. The van der Waals surface area contributed by atoms with Gasteiger partial charge in [-0.3, -0.25) is 19.2 Å². The number of non-ortho nitro benzene ring substituents is 1. The molecule has 0 saturated heterocycles. The van der Waals surface area contributed by atoms with E-state index in [1.165, 1.54) is 25.3 Å². The van der Waals surface area contributed by atoms with E-state index in [1.807, 2.05) is 0 Å². The quantitative estimate of drug-likeness (QED) is 0.370. The Bertz CT molecular complexity index is 1100. The topological polar surface area (TPSA) is 131 Å².